The second kappa shape index (κ2) is 8.89. The Morgan fingerprint density at radius 1 is 1.18 bits per heavy atom. The fraction of sp³-hybridized carbons (Fsp3) is 0.467. The molecule has 7 heteroatoms. The first-order chi connectivity index (χ1) is 10.5. The molecule has 1 rings (SSSR count). The monoisotopic (exact) mass is 311 g/mol. The van der Waals surface area contributed by atoms with E-state index in [0.717, 1.165) is 5.56 Å². The topological polar surface area (TPSA) is 94.1 Å². The molecule has 1 amide bonds. The lowest BCUT2D eigenvalue weighted by atomic mass is 10.1. The van der Waals surface area contributed by atoms with E-state index in [2.05, 4.69) is 5.32 Å². The van der Waals surface area contributed by atoms with Crippen LogP contribution in [-0.2, 0) is 20.7 Å². The Morgan fingerprint density at radius 3 is 2.41 bits per heavy atom. The summed E-state index contributed by atoms with van der Waals surface area (Å²) in [6.45, 7) is -0.0720. The largest absolute Gasteiger partial charge is 0.493 e. The Labute approximate surface area is 129 Å². The summed E-state index contributed by atoms with van der Waals surface area (Å²) in [4.78, 5) is 22.7. The highest BCUT2D eigenvalue weighted by atomic mass is 16.5. The van der Waals surface area contributed by atoms with E-state index in [9.17, 15) is 9.59 Å². The molecule has 1 aromatic carbocycles. The van der Waals surface area contributed by atoms with Crippen molar-refractivity contribution in [1.29, 1.82) is 0 Å². The molecular weight excluding hydrogens is 290 g/mol. The highest BCUT2D eigenvalue weighted by molar-refractivity contribution is 5.83. The summed E-state index contributed by atoms with van der Waals surface area (Å²) in [5, 5.41) is 11.4. The van der Waals surface area contributed by atoms with Crippen molar-refractivity contribution in [2.24, 2.45) is 0 Å². The summed E-state index contributed by atoms with van der Waals surface area (Å²) in [6.07, 6.45) is 0.633. The Kier molecular flexibility index (Phi) is 7.18. The quantitative estimate of drug-likeness (QED) is 0.702. The molecule has 2 N–H and O–H groups in total. The summed E-state index contributed by atoms with van der Waals surface area (Å²) in [7, 11) is 4.47. The maximum atomic E-state index is 11.8. The fourth-order valence-corrected chi connectivity index (χ4v) is 1.90. The fourth-order valence-electron chi connectivity index (χ4n) is 1.90. The van der Waals surface area contributed by atoms with Crippen LogP contribution in [0.1, 0.15) is 12.0 Å². The minimum Gasteiger partial charge on any atom is -0.493 e. The van der Waals surface area contributed by atoms with Crippen LogP contribution in [0.5, 0.6) is 11.5 Å². The number of carbonyl (C=O) groups excluding carboxylic acids is 1. The van der Waals surface area contributed by atoms with Crippen LogP contribution in [0.25, 0.3) is 0 Å². The number of carboxylic acids is 1. The van der Waals surface area contributed by atoms with E-state index in [4.69, 9.17) is 19.3 Å². The minimum atomic E-state index is -1.12. The highest BCUT2D eigenvalue weighted by Gasteiger charge is 2.19. The summed E-state index contributed by atoms with van der Waals surface area (Å²) < 4.78 is 15.1. The van der Waals surface area contributed by atoms with Gasteiger partial charge in [-0.1, -0.05) is 6.07 Å². The van der Waals surface area contributed by atoms with Crippen LogP contribution >= 0.6 is 0 Å². The predicted molar refractivity (Wildman–Crippen MR) is 79.3 cm³/mol. The van der Waals surface area contributed by atoms with Gasteiger partial charge < -0.3 is 24.6 Å². The van der Waals surface area contributed by atoms with Gasteiger partial charge in [0, 0.05) is 13.5 Å². The van der Waals surface area contributed by atoms with Crippen molar-refractivity contribution in [1.82, 2.24) is 5.32 Å². The number of benzene rings is 1. The third-order valence-corrected chi connectivity index (χ3v) is 3.06. The highest BCUT2D eigenvalue weighted by Crippen LogP contribution is 2.27. The van der Waals surface area contributed by atoms with Crippen molar-refractivity contribution < 1.29 is 28.9 Å². The molecular formula is C15H21NO6. The summed E-state index contributed by atoms with van der Waals surface area (Å²) in [5.74, 6) is -0.273. The van der Waals surface area contributed by atoms with Crippen molar-refractivity contribution in [2.45, 2.75) is 18.9 Å². The molecule has 0 heterocycles. The zero-order valence-corrected chi connectivity index (χ0v) is 12.9. The van der Waals surface area contributed by atoms with Gasteiger partial charge in [-0.25, -0.2) is 4.79 Å². The zero-order chi connectivity index (χ0) is 16.5. The van der Waals surface area contributed by atoms with Gasteiger partial charge in [0.05, 0.1) is 20.8 Å². The Morgan fingerprint density at radius 2 is 1.86 bits per heavy atom. The molecule has 1 aromatic rings. The Hall–Kier alpha value is -2.28. The van der Waals surface area contributed by atoms with Crippen molar-refractivity contribution in [3.63, 3.8) is 0 Å². The molecule has 0 radical (unpaired) electrons. The average molecular weight is 311 g/mol. The molecule has 0 fully saturated rings. The van der Waals surface area contributed by atoms with E-state index in [-0.39, 0.29) is 18.9 Å². The summed E-state index contributed by atoms with van der Waals surface area (Å²) >= 11 is 0. The number of methoxy groups -OCH3 is 3. The van der Waals surface area contributed by atoms with Gasteiger partial charge in [0.15, 0.2) is 17.5 Å². The van der Waals surface area contributed by atoms with E-state index in [0.29, 0.717) is 17.9 Å². The number of aliphatic carboxylic acids is 1. The number of amides is 1. The van der Waals surface area contributed by atoms with Gasteiger partial charge in [0.2, 0.25) is 5.91 Å². The molecule has 0 saturated heterocycles. The maximum absolute atomic E-state index is 11.8. The number of hydrogen-bond donors (Lipinski definition) is 2. The Bertz CT molecular complexity index is 517. The average Bonchev–Trinajstić information content (AvgIpc) is 2.52. The summed E-state index contributed by atoms with van der Waals surface area (Å²) in [6, 6.07) is 4.34. The first kappa shape index (κ1) is 17.8. The van der Waals surface area contributed by atoms with Gasteiger partial charge in [0.25, 0.3) is 0 Å². The van der Waals surface area contributed by atoms with Gasteiger partial charge in [-0.15, -0.1) is 0 Å². The molecule has 122 valence electrons. The van der Waals surface area contributed by atoms with Crippen LogP contribution in [0.2, 0.25) is 0 Å². The first-order valence-corrected chi connectivity index (χ1v) is 6.73. The zero-order valence-electron chi connectivity index (χ0n) is 12.9. The smallest absolute Gasteiger partial charge is 0.328 e. The number of rotatable bonds is 9. The number of aryl methyl sites for hydroxylation is 1. The van der Waals surface area contributed by atoms with E-state index in [1.807, 2.05) is 6.07 Å². The molecule has 1 atom stereocenters. The van der Waals surface area contributed by atoms with Crippen molar-refractivity contribution in [3.8, 4) is 11.5 Å². The molecule has 0 saturated carbocycles. The molecule has 22 heavy (non-hydrogen) atoms. The second-order valence-electron chi connectivity index (χ2n) is 4.60. The number of carboxylic acid groups (broad SMARTS) is 1. The third-order valence-electron chi connectivity index (χ3n) is 3.06. The van der Waals surface area contributed by atoms with Crippen LogP contribution in [0.4, 0.5) is 0 Å². The van der Waals surface area contributed by atoms with Crippen LogP contribution in [0.15, 0.2) is 18.2 Å². The van der Waals surface area contributed by atoms with E-state index in [1.165, 1.54) is 14.2 Å². The third kappa shape index (κ3) is 5.25. The SMILES string of the molecule is COCC(NC(=O)CCc1ccc(OC)c(OC)c1)C(=O)O. The molecule has 0 bridgehead atoms. The lowest BCUT2D eigenvalue weighted by Gasteiger charge is -2.13. The first-order valence-electron chi connectivity index (χ1n) is 6.73. The van der Waals surface area contributed by atoms with Crippen molar-refractivity contribution >= 4 is 11.9 Å². The number of ether oxygens (including phenoxy) is 3. The minimum absolute atomic E-state index is 0.0720. The van der Waals surface area contributed by atoms with Gasteiger partial charge in [-0.3, -0.25) is 4.79 Å². The number of nitrogens with one attached hydrogen (secondary N) is 1. The normalized spacial score (nSPS) is 11.6. The molecule has 0 aliphatic carbocycles. The lowest BCUT2D eigenvalue weighted by Crippen LogP contribution is -2.43. The van der Waals surface area contributed by atoms with Gasteiger partial charge in [-0.05, 0) is 24.1 Å². The molecule has 0 spiro atoms. The van der Waals surface area contributed by atoms with Gasteiger partial charge >= 0.3 is 5.97 Å². The van der Waals surface area contributed by atoms with Gasteiger partial charge in [0.1, 0.15) is 0 Å². The van der Waals surface area contributed by atoms with Crippen LogP contribution in [0, 0.1) is 0 Å². The molecule has 0 aromatic heterocycles. The predicted octanol–water partition coefficient (Wildman–Crippen LogP) is 0.852. The van der Waals surface area contributed by atoms with E-state index < -0.39 is 12.0 Å². The van der Waals surface area contributed by atoms with Crippen LogP contribution in [-0.4, -0.2) is 51.0 Å². The molecule has 1 unspecified atom stereocenters. The number of hydrogen-bond acceptors (Lipinski definition) is 5. The van der Waals surface area contributed by atoms with Gasteiger partial charge in [-0.2, -0.15) is 0 Å². The summed E-state index contributed by atoms with van der Waals surface area (Å²) in [5.41, 5.74) is 0.895. The Balaban J connectivity index is 2.58. The number of carbonyl (C=O) groups is 2. The van der Waals surface area contributed by atoms with Crippen molar-refractivity contribution in [2.75, 3.05) is 27.9 Å². The maximum Gasteiger partial charge on any atom is 0.328 e. The van der Waals surface area contributed by atoms with Crippen molar-refractivity contribution in [3.05, 3.63) is 23.8 Å². The molecule has 0 aliphatic rings. The molecule has 7 nitrogen and oxygen atoms in total. The standard InChI is InChI=1S/C15H21NO6/c1-20-9-11(15(18)19)16-14(17)7-5-10-4-6-12(21-2)13(8-10)22-3/h4,6,8,11H,5,7,9H2,1-3H3,(H,16,17)(H,18,19). The van der Waals surface area contributed by atoms with Crippen LogP contribution in [0.3, 0.4) is 0 Å². The second-order valence-corrected chi connectivity index (χ2v) is 4.60. The van der Waals surface area contributed by atoms with E-state index >= 15 is 0 Å². The van der Waals surface area contributed by atoms with Crippen LogP contribution < -0.4 is 14.8 Å². The molecule has 0 aliphatic heterocycles. The lowest BCUT2D eigenvalue weighted by molar-refractivity contribution is -0.143. The van der Waals surface area contributed by atoms with E-state index in [1.54, 1.807) is 19.2 Å².